The van der Waals surface area contributed by atoms with Crippen molar-refractivity contribution in [2.24, 2.45) is 0 Å². The number of nitrogens with zero attached hydrogens (tertiary/aromatic N) is 4. The number of hydrogen-bond acceptors (Lipinski definition) is 3. The van der Waals surface area contributed by atoms with Crippen LogP contribution in [0.25, 0.3) is 0 Å². The minimum absolute atomic E-state index is 0.0655. The Hall–Kier alpha value is -2.16. The molecular weight excluding hydrogens is 429 g/mol. The Balaban J connectivity index is 1.54. The van der Waals surface area contributed by atoms with Gasteiger partial charge in [-0.05, 0) is 47.6 Å². The van der Waals surface area contributed by atoms with E-state index in [4.69, 9.17) is 0 Å². The number of nitrogens with one attached hydrogen (secondary N) is 1. The van der Waals surface area contributed by atoms with Crippen LogP contribution in [0.15, 0.2) is 42.7 Å². The summed E-state index contributed by atoms with van der Waals surface area (Å²) in [7, 11) is 0. The highest BCUT2D eigenvalue weighted by Gasteiger charge is 2.08. The molecule has 0 aliphatic carbocycles. The summed E-state index contributed by atoms with van der Waals surface area (Å²) >= 11 is 2.24. The third-order valence-electron chi connectivity index (χ3n) is 3.96. The zero-order chi connectivity index (χ0) is 17.8. The number of aromatic nitrogens is 4. The highest BCUT2D eigenvalue weighted by Crippen LogP contribution is 2.11. The van der Waals surface area contributed by atoms with Gasteiger partial charge >= 0.3 is 0 Å². The lowest BCUT2D eigenvalue weighted by molar-refractivity contribution is -0.116. The van der Waals surface area contributed by atoms with Gasteiger partial charge in [0.2, 0.25) is 5.91 Å². The second-order valence-corrected chi connectivity index (χ2v) is 7.11. The zero-order valence-electron chi connectivity index (χ0n) is 14.2. The molecule has 1 aromatic carbocycles. The second kappa shape index (κ2) is 7.81. The van der Waals surface area contributed by atoms with Gasteiger partial charge in [0.1, 0.15) is 0 Å². The van der Waals surface area contributed by atoms with E-state index in [2.05, 4.69) is 57.2 Å². The molecule has 1 N–H and O–H groups in total. The lowest BCUT2D eigenvalue weighted by Gasteiger charge is -2.06. The van der Waals surface area contributed by atoms with Gasteiger partial charge in [-0.15, -0.1) is 0 Å². The van der Waals surface area contributed by atoms with Crippen LogP contribution in [-0.4, -0.2) is 25.5 Å². The predicted molar refractivity (Wildman–Crippen MR) is 105 cm³/mol. The average Bonchev–Trinajstić information content (AvgIpc) is 3.14. The van der Waals surface area contributed by atoms with E-state index in [-0.39, 0.29) is 5.91 Å². The summed E-state index contributed by atoms with van der Waals surface area (Å²) in [5.74, 6) is 0.508. The third kappa shape index (κ3) is 4.68. The summed E-state index contributed by atoms with van der Waals surface area (Å²) in [6.07, 6.45) is 4.18. The van der Waals surface area contributed by atoms with Crippen molar-refractivity contribution in [3.8, 4) is 0 Å². The molecule has 7 heteroatoms. The highest BCUT2D eigenvalue weighted by molar-refractivity contribution is 14.1. The molecule has 3 aromatic rings. The largest absolute Gasteiger partial charge is 0.309 e. The molecule has 0 aliphatic rings. The maximum atomic E-state index is 12.1. The van der Waals surface area contributed by atoms with Crippen LogP contribution >= 0.6 is 22.6 Å². The summed E-state index contributed by atoms with van der Waals surface area (Å²) in [4.78, 5) is 12.1. The molecule has 0 fully saturated rings. The summed E-state index contributed by atoms with van der Waals surface area (Å²) in [6.45, 7) is 5.28. The molecule has 2 heterocycles. The van der Waals surface area contributed by atoms with Crippen molar-refractivity contribution in [2.45, 2.75) is 33.4 Å². The Bertz CT molecular complexity index is 864. The number of amides is 1. The molecule has 0 saturated carbocycles. The first kappa shape index (κ1) is 17.7. The molecule has 0 saturated heterocycles. The van der Waals surface area contributed by atoms with Gasteiger partial charge in [-0.25, -0.2) is 0 Å². The molecule has 3 rings (SSSR count). The van der Waals surface area contributed by atoms with E-state index in [0.29, 0.717) is 25.3 Å². The van der Waals surface area contributed by atoms with Gasteiger partial charge in [0.05, 0.1) is 15.8 Å². The number of benzene rings is 1. The van der Waals surface area contributed by atoms with Crippen LogP contribution in [0.3, 0.4) is 0 Å². The molecule has 25 heavy (non-hydrogen) atoms. The fourth-order valence-electron chi connectivity index (χ4n) is 2.51. The lowest BCUT2D eigenvalue weighted by atomic mass is 10.1. The summed E-state index contributed by atoms with van der Waals surface area (Å²) in [5, 5.41) is 11.6. The van der Waals surface area contributed by atoms with Gasteiger partial charge in [-0.1, -0.05) is 24.3 Å². The number of hydrogen-bond donors (Lipinski definition) is 1. The summed E-state index contributed by atoms with van der Waals surface area (Å²) in [5.41, 5.74) is 3.43. The van der Waals surface area contributed by atoms with Gasteiger partial charge in [0, 0.05) is 31.4 Å². The van der Waals surface area contributed by atoms with Crippen LogP contribution in [0.4, 0.5) is 5.82 Å². The van der Waals surface area contributed by atoms with Crippen molar-refractivity contribution in [3.63, 3.8) is 0 Å². The van der Waals surface area contributed by atoms with Gasteiger partial charge < -0.3 is 5.32 Å². The van der Waals surface area contributed by atoms with E-state index in [1.54, 1.807) is 4.68 Å². The van der Waals surface area contributed by atoms with E-state index in [9.17, 15) is 4.79 Å². The fraction of sp³-hybridized carbons (Fsp3) is 0.278. The Morgan fingerprint density at radius 2 is 1.96 bits per heavy atom. The first-order valence-corrected chi connectivity index (χ1v) is 9.16. The van der Waals surface area contributed by atoms with Crippen LogP contribution in [0.1, 0.15) is 23.2 Å². The first-order chi connectivity index (χ1) is 12.0. The van der Waals surface area contributed by atoms with Crippen LogP contribution in [-0.2, 0) is 17.9 Å². The van der Waals surface area contributed by atoms with Crippen molar-refractivity contribution >= 4 is 34.3 Å². The maximum Gasteiger partial charge on any atom is 0.227 e. The van der Waals surface area contributed by atoms with E-state index in [1.165, 1.54) is 11.1 Å². The van der Waals surface area contributed by atoms with E-state index < -0.39 is 0 Å². The molecule has 1 amide bonds. The fourth-order valence-corrected chi connectivity index (χ4v) is 2.94. The van der Waals surface area contributed by atoms with E-state index in [0.717, 1.165) is 9.26 Å². The van der Waals surface area contributed by atoms with Crippen LogP contribution in [0, 0.1) is 17.4 Å². The second-order valence-electron chi connectivity index (χ2n) is 5.95. The standard InChI is InChI=1S/C18H20IN5O/c1-13-5-3-4-6-15(13)11-23-9-7-17(22-23)20-18(25)8-10-24-12-16(19)14(2)21-24/h3-7,9,12H,8,10-11H2,1-2H3,(H,20,22,25). The molecule has 130 valence electrons. The summed E-state index contributed by atoms with van der Waals surface area (Å²) in [6, 6.07) is 10.0. The van der Waals surface area contributed by atoms with Crippen molar-refractivity contribution in [1.82, 2.24) is 19.6 Å². The molecule has 0 unspecified atom stereocenters. The number of halogens is 1. The van der Waals surface area contributed by atoms with Gasteiger partial charge in [-0.3, -0.25) is 14.2 Å². The number of carbonyl (C=O) groups is 1. The monoisotopic (exact) mass is 449 g/mol. The Labute approximate surface area is 160 Å². The van der Waals surface area contributed by atoms with Crippen LogP contribution in [0.5, 0.6) is 0 Å². The smallest absolute Gasteiger partial charge is 0.227 e. The van der Waals surface area contributed by atoms with Gasteiger partial charge in [0.15, 0.2) is 5.82 Å². The van der Waals surface area contributed by atoms with Crippen LogP contribution in [0.2, 0.25) is 0 Å². The summed E-state index contributed by atoms with van der Waals surface area (Å²) < 4.78 is 4.73. The highest BCUT2D eigenvalue weighted by atomic mass is 127. The Kier molecular flexibility index (Phi) is 5.52. The minimum atomic E-state index is -0.0655. The Morgan fingerprint density at radius 3 is 2.68 bits per heavy atom. The molecule has 0 atom stereocenters. The molecule has 2 aromatic heterocycles. The molecule has 0 aliphatic heterocycles. The van der Waals surface area contributed by atoms with Crippen molar-refractivity contribution in [3.05, 3.63) is 63.1 Å². The first-order valence-electron chi connectivity index (χ1n) is 8.08. The number of rotatable bonds is 6. The van der Waals surface area contributed by atoms with Crippen molar-refractivity contribution < 1.29 is 4.79 Å². The number of carbonyl (C=O) groups excluding carboxylic acids is 1. The Morgan fingerprint density at radius 1 is 1.16 bits per heavy atom. The number of anilines is 1. The van der Waals surface area contributed by atoms with E-state index >= 15 is 0 Å². The molecular formula is C18H20IN5O. The van der Waals surface area contributed by atoms with Crippen LogP contribution < -0.4 is 5.32 Å². The van der Waals surface area contributed by atoms with Crippen molar-refractivity contribution in [2.75, 3.05) is 5.32 Å². The van der Waals surface area contributed by atoms with Gasteiger partial charge in [-0.2, -0.15) is 10.2 Å². The molecule has 0 spiro atoms. The number of aryl methyl sites for hydroxylation is 3. The maximum absolute atomic E-state index is 12.1. The van der Waals surface area contributed by atoms with E-state index in [1.807, 2.05) is 42.2 Å². The SMILES string of the molecule is Cc1ccccc1Cn1ccc(NC(=O)CCn2cc(I)c(C)n2)n1. The third-order valence-corrected chi connectivity index (χ3v) is 5.02. The molecule has 6 nitrogen and oxygen atoms in total. The molecule has 0 radical (unpaired) electrons. The minimum Gasteiger partial charge on any atom is -0.309 e. The quantitative estimate of drug-likeness (QED) is 0.587. The van der Waals surface area contributed by atoms with Gasteiger partial charge in [0.25, 0.3) is 0 Å². The topological polar surface area (TPSA) is 64.7 Å². The molecule has 0 bridgehead atoms. The normalized spacial score (nSPS) is 10.8. The zero-order valence-corrected chi connectivity index (χ0v) is 16.4. The predicted octanol–water partition coefficient (Wildman–Crippen LogP) is 3.38. The lowest BCUT2D eigenvalue weighted by Crippen LogP contribution is -2.15. The average molecular weight is 449 g/mol. The van der Waals surface area contributed by atoms with Crippen molar-refractivity contribution in [1.29, 1.82) is 0 Å².